The molecule has 0 amide bonds. The maximum absolute atomic E-state index is 12.0. The Morgan fingerprint density at radius 3 is 2.70 bits per heavy atom. The van der Waals surface area contributed by atoms with E-state index >= 15 is 0 Å². The molecule has 0 atom stereocenters. The molecule has 0 saturated heterocycles. The summed E-state index contributed by atoms with van der Waals surface area (Å²) in [7, 11) is -3.84. The minimum absolute atomic E-state index is 0.113. The zero-order chi connectivity index (χ0) is 14.6. The average molecular weight is 291 g/mol. The molecule has 0 radical (unpaired) electrons. The Labute approximate surface area is 117 Å². The first kappa shape index (κ1) is 14.2. The Kier molecular flexibility index (Phi) is 4.11. The molecular formula is C13H13N3O3S. The minimum atomic E-state index is -3.84. The first-order valence-electron chi connectivity index (χ1n) is 5.76. The van der Waals surface area contributed by atoms with Gasteiger partial charge in [-0.25, -0.2) is 5.06 Å². The van der Waals surface area contributed by atoms with Gasteiger partial charge in [0.1, 0.15) is 0 Å². The molecular weight excluding hydrogens is 278 g/mol. The molecule has 104 valence electrons. The van der Waals surface area contributed by atoms with Gasteiger partial charge in [-0.1, -0.05) is 28.8 Å². The van der Waals surface area contributed by atoms with Crippen LogP contribution in [0.1, 0.15) is 5.56 Å². The highest BCUT2D eigenvalue weighted by Gasteiger charge is 2.14. The van der Waals surface area contributed by atoms with Crippen molar-refractivity contribution in [2.24, 2.45) is 9.63 Å². The topological polar surface area (TPSA) is 82.3 Å². The van der Waals surface area contributed by atoms with Crippen LogP contribution in [0.25, 0.3) is 0 Å². The molecule has 0 unspecified atom stereocenters. The Morgan fingerprint density at radius 2 is 2.00 bits per heavy atom. The van der Waals surface area contributed by atoms with Crippen molar-refractivity contribution in [1.29, 1.82) is 0 Å². The van der Waals surface area contributed by atoms with E-state index in [4.69, 9.17) is 0 Å². The summed E-state index contributed by atoms with van der Waals surface area (Å²) >= 11 is 0. The Hall–Kier alpha value is -2.25. The summed E-state index contributed by atoms with van der Waals surface area (Å²) in [5.41, 5.74) is 0.916. The van der Waals surface area contributed by atoms with Crippen LogP contribution in [0.15, 0.2) is 75.1 Å². The molecule has 0 bridgehead atoms. The third-order valence-electron chi connectivity index (χ3n) is 2.59. The van der Waals surface area contributed by atoms with Crippen molar-refractivity contribution in [3.05, 3.63) is 66.2 Å². The van der Waals surface area contributed by atoms with Crippen LogP contribution in [0.5, 0.6) is 0 Å². The van der Waals surface area contributed by atoms with Gasteiger partial charge in [0.05, 0.1) is 16.8 Å². The second kappa shape index (κ2) is 5.81. The van der Waals surface area contributed by atoms with Crippen molar-refractivity contribution >= 4 is 10.0 Å². The van der Waals surface area contributed by atoms with E-state index < -0.39 is 10.0 Å². The first-order valence-corrected chi connectivity index (χ1v) is 7.20. The molecule has 1 aromatic carbocycles. The van der Waals surface area contributed by atoms with Gasteiger partial charge in [0.25, 0.3) is 10.0 Å². The van der Waals surface area contributed by atoms with Crippen molar-refractivity contribution in [2.75, 3.05) is 0 Å². The fraction of sp³-hybridized carbons (Fsp3) is 0.0769. The SMILES string of the molecule is Cc1ccccc1S(=O)(=O)N=NC=C1C=CC=CN1O. The molecule has 0 aromatic heterocycles. The highest BCUT2D eigenvalue weighted by molar-refractivity contribution is 7.90. The van der Waals surface area contributed by atoms with Crippen LogP contribution in [0, 0.1) is 6.92 Å². The summed E-state index contributed by atoms with van der Waals surface area (Å²) in [4.78, 5) is 0.113. The number of benzene rings is 1. The van der Waals surface area contributed by atoms with Crippen molar-refractivity contribution in [1.82, 2.24) is 5.06 Å². The number of rotatable bonds is 3. The maximum Gasteiger partial charge on any atom is 0.299 e. The van der Waals surface area contributed by atoms with Gasteiger partial charge >= 0.3 is 0 Å². The number of hydrogen-bond acceptors (Lipinski definition) is 5. The van der Waals surface area contributed by atoms with E-state index in [1.807, 2.05) is 0 Å². The molecule has 1 aliphatic heterocycles. The van der Waals surface area contributed by atoms with E-state index in [0.29, 0.717) is 11.3 Å². The van der Waals surface area contributed by atoms with Crippen molar-refractivity contribution < 1.29 is 13.6 Å². The van der Waals surface area contributed by atoms with Gasteiger partial charge in [-0.2, -0.15) is 8.42 Å². The standard InChI is InChI=1S/C13H13N3O3S/c1-11-6-2-3-8-13(11)20(18,19)15-14-10-12-7-4-5-9-16(12)17/h2-10,17H,1H3. The van der Waals surface area contributed by atoms with E-state index in [1.165, 1.54) is 12.3 Å². The van der Waals surface area contributed by atoms with E-state index in [2.05, 4.69) is 9.63 Å². The second-order valence-corrected chi connectivity index (χ2v) is 5.59. The van der Waals surface area contributed by atoms with E-state index in [0.717, 1.165) is 11.3 Å². The van der Waals surface area contributed by atoms with Gasteiger partial charge in [-0.05, 0) is 30.7 Å². The Morgan fingerprint density at radius 1 is 1.25 bits per heavy atom. The molecule has 0 saturated carbocycles. The molecule has 1 aliphatic rings. The van der Waals surface area contributed by atoms with Crippen LogP contribution in [0.3, 0.4) is 0 Å². The Balaban J connectivity index is 2.23. The molecule has 6 nitrogen and oxygen atoms in total. The van der Waals surface area contributed by atoms with Crippen molar-refractivity contribution in [3.63, 3.8) is 0 Å². The number of aryl methyl sites for hydroxylation is 1. The third-order valence-corrected chi connectivity index (χ3v) is 3.91. The van der Waals surface area contributed by atoms with Crippen LogP contribution in [0.4, 0.5) is 0 Å². The Bertz CT molecular complexity index is 718. The molecule has 1 aromatic rings. The third kappa shape index (κ3) is 3.19. The molecule has 0 spiro atoms. The summed E-state index contributed by atoms with van der Waals surface area (Å²) in [6.45, 7) is 1.69. The zero-order valence-corrected chi connectivity index (χ0v) is 11.5. The number of nitrogens with zero attached hydrogens (tertiary/aromatic N) is 3. The van der Waals surface area contributed by atoms with E-state index in [1.54, 1.807) is 43.4 Å². The molecule has 0 aliphatic carbocycles. The summed E-state index contributed by atoms with van der Waals surface area (Å²) in [6.07, 6.45) is 7.44. The molecule has 1 heterocycles. The quantitative estimate of drug-likeness (QED) is 0.868. The lowest BCUT2D eigenvalue weighted by molar-refractivity contribution is -0.000512. The predicted molar refractivity (Wildman–Crippen MR) is 73.2 cm³/mol. The lowest BCUT2D eigenvalue weighted by Crippen LogP contribution is -2.10. The second-order valence-electron chi connectivity index (χ2n) is 4.04. The monoisotopic (exact) mass is 291 g/mol. The van der Waals surface area contributed by atoms with E-state index in [-0.39, 0.29) is 4.90 Å². The van der Waals surface area contributed by atoms with Crippen molar-refractivity contribution in [2.45, 2.75) is 11.8 Å². The van der Waals surface area contributed by atoms with Crippen LogP contribution in [0.2, 0.25) is 0 Å². The van der Waals surface area contributed by atoms with Gasteiger partial charge in [0.2, 0.25) is 0 Å². The predicted octanol–water partition coefficient (Wildman–Crippen LogP) is 2.75. The highest BCUT2D eigenvalue weighted by atomic mass is 32.2. The first-order chi connectivity index (χ1) is 9.50. The molecule has 0 fully saturated rings. The normalized spacial score (nSPS) is 17.3. The van der Waals surface area contributed by atoms with Crippen LogP contribution < -0.4 is 0 Å². The fourth-order valence-electron chi connectivity index (χ4n) is 1.58. The summed E-state index contributed by atoms with van der Waals surface area (Å²) in [5.74, 6) is 0. The summed E-state index contributed by atoms with van der Waals surface area (Å²) in [6, 6.07) is 6.53. The number of hydroxylamine groups is 2. The van der Waals surface area contributed by atoms with Gasteiger partial charge in [-0.3, -0.25) is 5.21 Å². The average Bonchev–Trinajstić information content (AvgIpc) is 2.41. The van der Waals surface area contributed by atoms with Crippen LogP contribution >= 0.6 is 0 Å². The maximum atomic E-state index is 12.0. The van der Waals surface area contributed by atoms with Gasteiger partial charge in [0, 0.05) is 6.20 Å². The molecule has 7 heteroatoms. The van der Waals surface area contributed by atoms with Gasteiger partial charge in [-0.15, -0.1) is 5.11 Å². The number of sulfonamides is 1. The lowest BCUT2D eigenvalue weighted by atomic mass is 10.2. The highest BCUT2D eigenvalue weighted by Crippen LogP contribution is 2.17. The minimum Gasteiger partial charge on any atom is -0.284 e. The zero-order valence-electron chi connectivity index (χ0n) is 10.7. The largest absolute Gasteiger partial charge is 0.299 e. The number of hydrogen-bond donors (Lipinski definition) is 1. The van der Waals surface area contributed by atoms with Gasteiger partial charge in [0.15, 0.2) is 0 Å². The van der Waals surface area contributed by atoms with E-state index in [9.17, 15) is 13.6 Å². The molecule has 20 heavy (non-hydrogen) atoms. The fourth-order valence-corrected chi connectivity index (χ4v) is 2.57. The number of allylic oxidation sites excluding steroid dienone is 3. The van der Waals surface area contributed by atoms with Crippen molar-refractivity contribution in [3.8, 4) is 0 Å². The van der Waals surface area contributed by atoms with Crippen LogP contribution in [-0.2, 0) is 10.0 Å². The summed E-state index contributed by atoms with van der Waals surface area (Å²) in [5, 5.41) is 13.8. The molecule has 2 rings (SSSR count). The summed E-state index contributed by atoms with van der Waals surface area (Å²) < 4.78 is 27.3. The van der Waals surface area contributed by atoms with Gasteiger partial charge < -0.3 is 0 Å². The smallest absolute Gasteiger partial charge is 0.284 e. The lowest BCUT2D eigenvalue weighted by Gasteiger charge is -2.13. The molecule has 1 N–H and O–H groups in total. The van der Waals surface area contributed by atoms with Crippen LogP contribution in [-0.4, -0.2) is 18.7 Å².